The van der Waals surface area contributed by atoms with Gasteiger partial charge in [-0.25, -0.2) is 0 Å². The maximum absolute atomic E-state index is 12.2. The van der Waals surface area contributed by atoms with Crippen LogP contribution >= 0.6 is 11.8 Å². The molecule has 4 aliphatic carbocycles. The molecule has 0 aliphatic heterocycles. The molecule has 4 aliphatic rings. The third-order valence-corrected chi connectivity index (χ3v) is 7.65. The summed E-state index contributed by atoms with van der Waals surface area (Å²) in [5.41, 5.74) is 4.76. The van der Waals surface area contributed by atoms with Crippen molar-refractivity contribution in [3.63, 3.8) is 0 Å². The molecule has 4 saturated carbocycles. The number of amides is 2. The highest BCUT2D eigenvalue weighted by Crippen LogP contribution is 2.60. The third kappa shape index (κ3) is 3.95. The number of nitro groups is 1. The Morgan fingerprint density at radius 3 is 2.33 bits per heavy atom. The number of thioether (sulfide) groups is 1. The Bertz CT molecular complexity index is 747. The van der Waals surface area contributed by atoms with Crippen LogP contribution in [-0.4, -0.2) is 27.2 Å². The minimum Gasteiger partial charge on any atom is -0.272 e. The van der Waals surface area contributed by atoms with Crippen molar-refractivity contribution in [1.82, 2.24) is 10.9 Å². The second-order valence-corrected chi connectivity index (χ2v) is 9.64. The van der Waals surface area contributed by atoms with Crippen LogP contribution in [0.1, 0.15) is 48.9 Å². The monoisotopic (exact) mass is 389 g/mol. The number of hydrazine groups is 1. The highest BCUT2D eigenvalue weighted by molar-refractivity contribution is 8.01. The molecule has 1 aromatic carbocycles. The van der Waals surface area contributed by atoms with E-state index in [0.717, 1.165) is 17.8 Å². The number of carbonyl (C=O) groups is 2. The molecule has 7 nitrogen and oxygen atoms in total. The fourth-order valence-corrected chi connectivity index (χ4v) is 6.99. The molecule has 0 saturated heterocycles. The number of carbonyl (C=O) groups excluding carboxylic acids is 2. The van der Waals surface area contributed by atoms with Crippen LogP contribution in [0.3, 0.4) is 0 Å². The summed E-state index contributed by atoms with van der Waals surface area (Å²) in [6, 6.07) is 5.42. The lowest BCUT2D eigenvalue weighted by Crippen LogP contribution is -2.49. The summed E-state index contributed by atoms with van der Waals surface area (Å²) in [7, 11) is 0. The van der Waals surface area contributed by atoms with Gasteiger partial charge in [0.05, 0.1) is 10.7 Å². The van der Waals surface area contributed by atoms with Gasteiger partial charge in [-0.05, 0) is 62.3 Å². The summed E-state index contributed by atoms with van der Waals surface area (Å²) in [6.07, 6.45) is 7.76. The zero-order chi connectivity index (χ0) is 19.0. The smallest absolute Gasteiger partial charge is 0.270 e. The number of nitrogens with one attached hydrogen (secondary N) is 2. The minimum atomic E-state index is -0.563. The quantitative estimate of drug-likeness (QED) is 0.595. The number of hydrogen-bond donors (Lipinski definition) is 2. The van der Waals surface area contributed by atoms with Gasteiger partial charge in [-0.15, -0.1) is 11.8 Å². The van der Waals surface area contributed by atoms with E-state index in [2.05, 4.69) is 10.9 Å². The third-order valence-electron chi connectivity index (χ3n) is 6.13. The predicted octanol–water partition coefficient (Wildman–Crippen LogP) is 3.06. The molecule has 4 bridgehead atoms. The molecule has 0 atom stereocenters. The number of nitrogens with zero attached hydrogens (tertiary/aromatic N) is 1. The summed E-state index contributed by atoms with van der Waals surface area (Å²) >= 11 is 1.74. The van der Waals surface area contributed by atoms with Gasteiger partial charge in [0.2, 0.25) is 5.91 Å². The van der Waals surface area contributed by atoms with Crippen molar-refractivity contribution in [2.24, 2.45) is 17.8 Å². The predicted molar refractivity (Wildman–Crippen MR) is 102 cm³/mol. The van der Waals surface area contributed by atoms with Crippen LogP contribution in [0.2, 0.25) is 0 Å². The van der Waals surface area contributed by atoms with E-state index in [0.29, 0.717) is 5.75 Å². The molecule has 5 rings (SSSR count). The lowest BCUT2D eigenvalue weighted by molar-refractivity contribution is -0.384. The summed E-state index contributed by atoms with van der Waals surface area (Å²) in [4.78, 5) is 34.5. The largest absolute Gasteiger partial charge is 0.272 e. The van der Waals surface area contributed by atoms with Crippen LogP contribution in [0, 0.1) is 27.9 Å². The first-order valence-electron chi connectivity index (χ1n) is 9.40. The molecule has 0 spiro atoms. The van der Waals surface area contributed by atoms with Crippen molar-refractivity contribution >= 4 is 29.3 Å². The van der Waals surface area contributed by atoms with Crippen molar-refractivity contribution in [1.29, 1.82) is 0 Å². The van der Waals surface area contributed by atoms with E-state index in [9.17, 15) is 19.7 Å². The van der Waals surface area contributed by atoms with Crippen molar-refractivity contribution in [3.05, 3.63) is 39.9 Å². The Labute approximate surface area is 161 Å². The van der Waals surface area contributed by atoms with Gasteiger partial charge in [-0.1, -0.05) is 6.07 Å². The molecule has 0 radical (unpaired) electrons. The van der Waals surface area contributed by atoms with Crippen LogP contribution in [0.15, 0.2) is 24.3 Å². The average molecular weight is 389 g/mol. The average Bonchev–Trinajstić information content (AvgIpc) is 2.63. The summed E-state index contributed by atoms with van der Waals surface area (Å²) < 4.78 is 0.246. The molecular formula is C19H23N3O4S. The van der Waals surface area contributed by atoms with E-state index in [1.165, 1.54) is 62.8 Å². The second-order valence-electron chi connectivity index (χ2n) is 8.20. The maximum Gasteiger partial charge on any atom is 0.270 e. The highest BCUT2D eigenvalue weighted by Gasteiger charge is 2.51. The Balaban J connectivity index is 1.27. The van der Waals surface area contributed by atoms with Crippen molar-refractivity contribution < 1.29 is 14.5 Å². The van der Waals surface area contributed by atoms with E-state index >= 15 is 0 Å². The molecular weight excluding hydrogens is 366 g/mol. The molecule has 4 fully saturated rings. The van der Waals surface area contributed by atoms with E-state index in [1.807, 2.05) is 0 Å². The molecule has 8 heteroatoms. The Kier molecular flexibility index (Phi) is 4.84. The number of non-ortho nitro benzene ring substituents is 1. The van der Waals surface area contributed by atoms with Gasteiger partial charge in [0.15, 0.2) is 0 Å². The molecule has 0 unspecified atom stereocenters. The van der Waals surface area contributed by atoms with Gasteiger partial charge >= 0.3 is 0 Å². The Morgan fingerprint density at radius 1 is 1.11 bits per heavy atom. The fourth-order valence-electron chi connectivity index (χ4n) is 5.42. The zero-order valence-corrected chi connectivity index (χ0v) is 15.8. The van der Waals surface area contributed by atoms with Crippen LogP contribution in [0.5, 0.6) is 0 Å². The van der Waals surface area contributed by atoms with E-state index in [1.54, 1.807) is 11.8 Å². The molecule has 1 aromatic rings. The van der Waals surface area contributed by atoms with E-state index in [4.69, 9.17) is 0 Å². The highest BCUT2D eigenvalue weighted by atomic mass is 32.2. The molecule has 27 heavy (non-hydrogen) atoms. The van der Waals surface area contributed by atoms with Gasteiger partial charge in [-0.3, -0.25) is 30.6 Å². The van der Waals surface area contributed by atoms with Crippen molar-refractivity contribution in [2.75, 3.05) is 5.75 Å². The first-order valence-corrected chi connectivity index (χ1v) is 10.4. The van der Waals surface area contributed by atoms with Gasteiger partial charge in [0.1, 0.15) is 0 Å². The van der Waals surface area contributed by atoms with Crippen molar-refractivity contribution in [3.8, 4) is 0 Å². The number of benzene rings is 1. The SMILES string of the molecule is O=C(CSC12CC3CC(CC(C3)C1)C2)NNC(=O)c1cccc([N+](=O)[O-])c1. The summed E-state index contributed by atoms with van der Waals surface area (Å²) in [6.45, 7) is 0. The van der Waals surface area contributed by atoms with Crippen LogP contribution in [-0.2, 0) is 4.79 Å². The van der Waals surface area contributed by atoms with Crippen LogP contribution in [0.4, 0.5) is 5.69 Å². The minimum absolute atomic E-state index is 0.137. The van der Waals surface area contributed by atoms with Gasteiger partial charge in [0, 0.05) is 22.4 Å². The maximum atomic E-state index is 12.2. The van der Waals surface area contributed by atoms with E-state index < -0.39 is 10.8 Å². The van der Waals surface area contributed by atoms with Crippen LogP contribution in [0.25, 0.3) is 0 Å². The number of hydrogen-bond acceptors (Lipinski definition) is 5. The first kappa shape index (κ1) is 18.3. The molecule has 2 N–H and O–H groups in total. The summed E-state index contributed by atoms with van der Waals surface area (Å²) in [5, 5.41) is 10.8. The second kappa shape index (κ2) is 7.14. The Hall–Kier alpha value is -2.09. The number of nitro benzene ring substituents is 1. The molecule has 144 valence electrons. The first-order chi connectivity index (χ1) is 12.9. The fraction of sp³-hybridized carbons (Fsp3) is 0.579. The zero-order valence-electron chi connectivity index (χ0n) is 15.0. The molecule has 0 aromatic heterocycles. The van der Waals surface area contributed by atoms with Gasteiger partial charge in [0.25, 0.3) is 11.6 Å². The number of rotatable bonds is 5. The lowest BCUT2D eigenvalue weighted by atomic mass is 9.56. The van der Waals surface area contributed by atoms with Gasteiger partial charge in [-0.2, -0.15) is 0 Å². The van der Waals surface area contributed by atoms with Crippen molar-refractivity contribution in [2.45, 2.75) is 43.3 Å². The van der Waals surface area contributed by atoms with E-state index in [-0.39, 0.29) is 21.9 Å². The standard InChI is InChI=1S/C19H23N3O4S/c23-17(20-21-18(24)15-2-1-3-16(7-15)22(25)26)11-27-19-8-12-4-13(9-19)6-14(5-12)10-19/h1-3,7,12-14H,4-6,8-11H2,(H,20,23)(H,21,24). The Morgan fingerprint density at radius 2 is 1.74 bits per heavy atom. The topological polar surface area (TPSA) is 101 Å². The normalized spacial score (nSPS) is 30.7. The molecule has 0 heterocycles. The van der Waals surface area contributed by atoms with Crippen LogP contribution < -0.4 is 10.9 Å². The molecule has 2 amide bonds. The lowest BCUT2D eigenvalue weighted by Gasteiger charge is -2.56. The van der Waals surface area contributed by atoms with Gasteiger partial charge < -0.3 is 0 Å². The summed E-state index contributed by atoms with van der Waals surface area (Å²) in [5.74, 6) is 2.02.